The topological polar surface area (TPSA) is 97.1 Å². The second kappa shape index (κ2) is 8.12. The molecular formula is C17H17ClN4O2. The van der Waals surface area contributed by atoms with Crippen molar-refractivity contribution in [2.24, 2.45) is 5.73 Å². The number of nitrogens with zero attached hydrogens (tertiary/aromatic N) is 1. The number of likely N-dealkylation sites (N-methyl/N-ethyl adjacent to an activating group) is 1. The fraction of sp³-hybridized carbons (Fsp3) is 0.118. The third-order valence-corrected chi connectivity index (χ3v) is 3.39. The van der Waals surface area contributed by atoms with Gasteiger partial charge in [-0.05, 0) is 35.7 Å². The number of carbonyl (C=O) groups is 2. The number of anilines is 1. The summed E-state index contributed by atoms with van der Waals surface area (Å²) in [5, 5.41) is 5.56. The largest absolute Gasteiger partial charge is 0.394 e. The highest BCUT2D eigenvalue weighted by Crippen LogP contribution is 2.15. The molecule has 6 nitrogen and oxygen atoms in total. The van der Waals surface area contributed by atoms with Gasteiger partial charge in [-0.2, -0.15) is 0 Å². The fourth-order valence-corrected chi connectivity index (χ4v) is 2.17. The molecule has 2 rings (SSSR count). The first kappa shape index (κ1) is 17.5. The van der Waals surface area contributed by atoms with E-state index in [1.165, 1.54) is 7.05 Å². The van der Waals surface area contributed by atoms with Crippen LogP contribution in [0.3, 0.4) is 0 Å². The van der Waals surface area contributed by atoms with Crippen LogP contribution in [0.2, 0.25) is 5.02 Å². The number of amides is 2. The monoisotopic (exact) mass is 344 g/mol. The number of benzene rings is 1. The van der Waals surface area contributed by atoms with E-state index in [-0.39, 0.29) is 5.70 Å². The van der Waals surface area contributed by atoms with E-state index in [1.54, 1.807) is 12.3 Å². The van der Waals surface area contributed by atoms with Gasteiger partial charge in [-0.3, -0.25) is 9.59 Å². The van der Waals surface area contributed by atoms with Gasteiger partial charge in [-0.25, -0.2) is 4.98 Å². The number of nitrogens with two attached hydrogens (primary N) is 1. The number of nitrogens with one attached hydrogen (secondary N) is 2. The molecule has 0 atom stereocenters. The van der Waals surface area contributed by atoms with Crippen molar-refractivity contribution in [2.45, 2.75) is 6.42 Å². The Morgan fingerprint density at radius 3 is 2.67 bits per heavy atom. The Hall–Kier alpha value is -2.86. The second-order valence-corrected chi connectivity index (χ2v) is 5.46. The van der Waals surface area contributed by atoms with Crippen molar-refractivity contribution in [1.82, 2.24) is 10.3 Å². The van der Waals surface area contributed by atoms with Crippen LogP contribution in [-0.2, 0) is 16.0 Å². The lowest BCUT2D eigenvalue weighted by atomic mass is 10.1. The minimum Gasteiger partial charge on any atom is -0.394 e. The average molecular weight is 345 g/mol. The predicted molar refractivity (Wildman–Crippen MR) is 93.5 cm³/mol. The number of pyridine rings is 1. The zero-order valence-corrected chi connectivity index (χ0v) is 13.8. The average Bonchev–Trinajstić information content (AvgIpc) is 2.56. The van der Waals surface area contributed by atoms with Crippen LogP contribution in [0.15, 0.2) is 54.4 Å². The molecule has 0 aliphatic carbocycles. The van der Waals surface area contributed by atoms with Gasteiger partial charge in [0.05, 0.1) is 0 Å². The van der Waals surface area contributed by atoms with E-state index >= 15 is 0 Å². The Kier molecular flexibility index (Phi) is 5.92. The molecule has 24 heavy (non-hydrogen) atoms. The minimum absolute atomic E-state index is 0.195. The number of rotatable bonds is 5. The summed E-state index contributed by atoms with van der Waals surface area (Å²) in [6.07, 6.45) is 3.36. The highest BCUT2D eigenvalue weighted by molar-refractivity contribution is 6.30. The Bertz CT molecular complexity index is 772. The molecule has 7 heteroatoms. The lowest BCUT2D eigenvalue weighted by molar-refractivity contribution is -0.117. The van der Waals surface area contributed by atoms with Crippen LogP contribution in [-0.4, -0.2) is 23.8 Å². The molecule has 124 valence electrons. The van der Waals surface area contributed by atoms with Crippen molar-refractivity contribution < 1.29 is 9.59 Å². The molecule has 1 heterocycles. The molecule has 1 aromatic heterocycles. The first-order valence-corrected chi connectivity index (χ1v) is 7.55. The maximum absolute atomic E-state index is 11.8. The fourth-order valence-electron chi connectivity index (χ4n) is 1.95. The zero-order valence-electron chi connectivity index (χ0n) is 13.0. The molecular weight excluding hydrogens is 328 g/mol. The van der Waals surface area contributed by atoms with E-state index in [9.17, 15) is 9.59 Å². The van der Waals surface area contributed by atoms with Crippen molar-refractivity contribution in [3.63, 3.8) is 0 Å². The van der Waals surface area contributed by atoms with Crippen LogP contribution in [0.1, 0.15) is 11.1 Å². The zero-order chi connectivity index (χ0) is 17.5. The maximum Gasteiger partial charge on any atom is 0.272 e. The van der Waals surface area contributed by atoms with Crippen LogP contribution in [0.25, 0.3) is 0 Å². The van der Waals surface area contributed by atoms with Gasteiger partial charge in [0.25, 0.3) is 5.91 Å². The van der Waals surface area contributed by atoms with Crippen molar-refractivity contribution in [3.8, 4) is 0 Å². The molecule has 0 bridgehead atoms. The van der Waals surface area contributed by atoms with E-state index in [1.807, 2.05) is 30.3 Å². The predicted octanol–water partition coefficient (Wildman–Crippen LogP) is 1.85. The molecule has 0 unspecified atom stereocenters. The van der Waals surface area contributed by atoms with Gasteiger partial charge in [0.15, 0.2) is 0 Å². The summed E-state index contributed by atoms with van der Waals surface area (Å²) in [7, 11) is 1.45. The van der Waals surface area contributed by atoms with Crippen molar-refractivity contribution in [3.05, 3.63) is 70.5 Å². The normalized spacial score (nSPS) is 11.0. The molecule has 0 aliphatic rings. The maximum atomic E-state index is 11.8. The molecule has 0 saturated carbocycles. The highest BCUT2D eigenvalue weighted by atomic mass is 35.5. The first-order valence-electron chi connectivity index (χ1n) is 7.17. The summed E-state index contributed by atoms with van der Waals surface area (Å²) in [6.45, 7) is 0. The molecule has 2 amide bonds. The number of hydrogen-bond acceptors (Lipinski definition) is 4. The number of aromatic nitrogens is 1. The van der Waals surface area contributed by atoms with E-state index in [2.05, 4.69) is 15.6 Å². The molecule has 0 fully saturated rings. The van der Waals surface area contributed by atoms with Crippen LogP contribution < -0.4 is 16.4 Å². The van der Waals surface area contributed by atoms with Gasteiger partial charge in [-0.1, -0.05) is 29.8 Å². The number of hydrogen-bond donors (Lipinski definition) is 3. The van der Waals surface area contributed by atoms with Crippen LogP contribution in [0, 0.1) is 0 Å². The van der Waals surface area contributed by atoms with Crippen LogP contribution in [0.5, 0.6) is 0 Å². The van der Waals surface area contributed by atoms with E-state index in [0.717, 1.165) is 17.2 Å². The van der Waals surface area contributed by atoms with Crippen molar-refractivity contribution in [1.29, 1.82) is 0 Å². The lowest BCUT2D eigenvalue weighted by Gasteiger charge is -2.06. The van der Waals surface area contributed by atoms with E-state index < -0.39 is 11.8 Å². The number of halogens is 1. The van der Waals surface area contributed by atoms with E-state index in [4.69, 9.17) is 17.3 Å². The standard InChI is InChI=1S/C17H17ClN4O2/c1-20-16(23)9-14(19)17(24)22-15-6-5-12(10-21-15)7-11-3-2-4-13(18)8-11/h2-6,8-10H,7,19H2,1H3,(H,20,23)(H,21,22,24). The highest BCUT2D eigenvalue weighted by Gasteiger charge is 2.08. The van der Waals surface area contributed by atoms with Crippen LogP contribution >= 0.6 is 11.6 Å². The molecule has 0 spiro atoms. The summed E-state index contributed by atoms with van der Waals surface area (Å²) in [5.41, 5.74) is 7.38. The summed E-state index contributed by atoms with van der Waals surface area (Å²) >= 11 is 5.96. The van der Waals surface area contributed by atoms with Crippen molar-refractivity contribution >= 4 is 29.2 Å². The summed E-state index contributed by atoms with van der Waals surface area (Å²) in [6, 6.07) is 11.1. The summed E-state index contributed by atoms with van der Waals surface area (Å²) < 4.78 is 0. The molecule has 4 N–H and O–H groups in total. The van der Waals surface area contributed by atoms with Gasteiger partial charge < -0.3 is 16.4 Å². The Morgan fingerprint density at radius 1 is 1.25 bits per heavy atom. The molecule has 0 aliphatic heterocycles. The SMILES string of the molecule is CNC(=O)C=C(N)C(=O)Nc1ccc(Cc2cccc(Cl)c2)cn1. The van der Waals surface area contributed by atoms with Gasteiger partial charge in [-0.15, -0.1) is 0 Å². The van der Waals surface area contributed by atoms with E-state index in [0.29, 0.717) is 17.3 Å². The first-order chi connectivity index (χ1) is 11.5. The van der Waals surface area contributed by atoms with Crippen LogP contribution in [0.4, 0.5) is 5.82 Å². The lowest BCUT2D eigenvalue weighted by Crippen LogP contribution is -2.24. The third-order valence-electron chi connectivity index (χ3n) is 3.16. The van der Waals surface area contributed by atoms with Gasteiger partial charge in [0.2, 0.25) is 5.91 Å². The Labute approximate surface area is 144 Å². The smallest absolute Gasteiger partial charge is 0.272 e. The van der Waals surface area contributed by atoms with Gasteiger partial charge >= 0.3 is 0 Å². The molecule has 1 aromatic carbocycles. The summed E-state index contributed by atoms with van der Waals surface area (Å²) in [4.78, 5) is 27.2. The second-order valence-electron chi connectivity index (χ2n) is 5.03. The quantitative estimate of drug-likeness (QED) is 0.721. The molecule has 0 saturated heterocycles. The van der Waals surface area contributed by atoms with Gasteiger partial charge in [0.1, 0.15) is 11.5 Å². The number of carbonyl (C=O) groups excluding carboxylic acids is 2. The van der Waals surface area contributed by atoms with Crippen molar-refractivity contribution in [2.75, 3.05) is 12.4 Å². The van der Waals surface area contributed by atoms with Gasteiger partial charge in [0, 0.05) is 24.3 Å². The Balaban J connectivity index is 2.00. The molecule has 2 aromatic rings. The molecule has 0 radical (unpaired) electrons. The summed E-state index contributed by atoms with van der Waals surface area (Å²) in [5.74, 6) is -0.690. The third kappa shape index (κ3) is 5.10. The minimum atomic E-state index is -0.589. The Morgan fingerprint density at radius 2 is 2.04 bits per heavy atom.